The third-order valence-corrected chi connectivity index (χ3v) is 7.80. The number of rotatable bonds is 0. The molecule has 0 bridgehead atoms. The van der Waals surface area contributed by atoms with Crippen LogP contribution in [0.5, 0.6) is 0 Å². The molecule has 3 aliphatic carbocycles. The number of hydrogen-bond donors (Lipinski definition) is 0. The number of hydrogen-bond acceptors (Lipinski definition) is 1. The molecule has 8 rings (SSSR count). The molecule has 1 aromatic heterocycles. The summed E-state index contributed by atoms with van der Waals surface area (Å²) >= 11 is 0. The van der Waals surface area contributed by atoms with Gasteiger partial charge in [-0.05, 0) is 85.8 Å². The van der Waals surface area contributed by atoms with Gasteiger partial charge in [-0.3, -0.25) is 4.98 Å². The Hall–Kier alpha value is -3.97. The van der Waals surface area contributed by atoms with Crippen LogP contribution in [-0.2, 0) is 11.8 Å². The first-order chi connectivity index (χ1) is 15.9. The summed E-state index contributed by atoms with van der Waals surface area (Å²) in [5.41, 5.74) is 16.2. The van der Waals surface area contributed by atoms with Crippen LogP contribution in [0.4, 0.5) is 0 Å². The van der Waals surface area contributed by atoms with Crippen molar-refractivity contribution in [3.63, 3.8) is 0 Å². The van der Waals surface area contributed by atoms with Gasteiger partial charge in [0.2, 0.25) is 0 Å². The van der Waals surface area contributed by atoms with E-state index in [4.69, 9.17) is 0 Å². The van der Waals surface area contributed by atoms with Crippen molar-refractivity contribution < 1.29 is 0 Å². The van der Waals surface area contributed by atoms with E-state index in [1.54, 1.807) is 0 Å². The molecule has 0 fully saturated rings. The predicted molar refractivity (Wildman–Crippen MR) is 129 cm³/mol. The van der Waals surface area contributed by atoms with Crippen molar-refractivity contribution in [3.05, 3.63) is 137 Å². The Morgan fingerprint density at radius 3 is 1.97 bits per heavy atom. The average Bonchev–Trinajstić information content (AvgIpc) is 3.46. The van der Waals surface area contributed by atoms with Gasteiger partial charge in [-0.15, -0.1) is 0 Å². The first-order valence-electron chi connectivity index (χ1n) is 11.3. The Morgan fingerprint density at radius 2 is 1.16 bits per heavy atom. The second-order valence-corrected chi connectivity index (χ2v) is 9.15. The van der Waals surface area contributed by atoms with E-state index in [1.807, 2.05) is 12.4 Å². The van der Waals surface area contributed by atoms with Gasteiger partial charge in [0.1, 0.15) is 0 Å². The Morgan fingerprint density at radius 1 is 0.500 bits per heavy atom. The van der Waals surface area contributed by atoms with E-state index >= 15 is 0 Å². The molecule has 0 N–H and O–H groups in total. The van der Waals surface area contributed by atoms with Crippen molar-refractivity contribution in [2.45, 2.75) is 11.8 Å². The van der Waals surface area contributed by atoms with Crippen LogP contribution >= 0.6 is 0 Å². The Labute approximate surface area is 187 Å². The van der Waals surface area contributed by atoms with Gasteiger partial charge in [0.25, 0.3) is 0 Å². The van der Waals surface area contributed by atoms with Crippen molar-refractivity contribution in [3.8, 4) is 33.4 Å². The molecule has 0 amide bonds. The molecule has 1 nitrogen and oxygen atoms in total. The topological polar surface area (TPSA) is 12.9 Å². The van der Waals surface area contributed by atoms with E-state index in [9.17, 15) is 0 Å². The van der Waals surface area contributed by atoms with Crippen molar-refractivity contribution >= 4 is 0 Å². The molecule has 0 aliphatic heterocycles. The van der Waals surface area contributed by atoms with Crippen molar-refractivity contribution in [2.24, 2.45) is 0 Å². The normalized spacial score (nSPS) is 18.0. The SMILES string of the molecule is c1ccc2c(c1)Cc1cc3c(cc1-2)C1(c2ccccc2-c2cnccc21)c1ccccc1-3. The fraction of sp³-hybridized carbons (Fsp3) is 0.0645. The van der Waals surface area contributed by atoms with Crippen LogP contribution in [0, 0.1) is 0 Å². The second kappa shape index (κ2) is 5.63. The van der Waals surface area contributed by atoms with Crippen LogP contribution in [0.15, 0.2) is 103 Å². The third-order valence-electron chi connectivity index (χ3n) is 7.80. The van der Waals surface area contributed by atoms with Gasteiger partial charge in [0.05, 0.1) is 5.41 Å². The number of nitrogens with zero attached hydrogens (tertiary/aromatic N) is 1. The number of aromatic nitrogens is 1. The molecule has 1 heteroatoms. The minimum absolute atomic E-state index is 0.284. The van der Waals surface area contributed by atoms with E-state index in [0.29, 0.717) is 0 Å². The molecule has 0 saturated heterocycles. The summed E-state index contributed by atoms with van der Waals surface area (Å²) in [5, 5.41) is 0. The van der Waals surface area contributed by atoms with Gasteiger partial charge >= 0.3 is 0 Å². The summed E-state index contributed by atoms with van der Waals surface area (Å²) in [7, 11) is 0. The van der Waals surface area contributed by atoms with Crippen LogP contribution in [-0.4, -0.2) is 4.98 Å². The first kappa shape index (κ1) is 16.7. The lowest BCUT2D eigenvalue weighted by molar-refractivity contribution is 0.792. The fourth-order valence-corrected chi connectivity index (χ4v) is 6.61. The highest BCUT2D eigenvalue weighted by Gasteiger charge is 2.52. The lowest BCUT2D eigenvalue weighted by Crippen LogP contribution is -2.25. The molecule has 1 spiro atoms. The van der Waals surface area contributed by atoms with Crippen LogP contribution in [0.2, 0.25) is 0 Å². The van der Waals surface area contributed by atoms with Crippen LogP contribution in [0.3, 0.4) is 0 Å². The van der Waals surface area contributed by atoms with Crippen LogP contribution in [0.1, 0.15) is 33.4 Å². The molecule has 32 heavy (non-hydrogen) atoms. The molecular weight excluding hydrogens is 386 g/mol. The van der Waals surface area contributed by atoms with E-state index in [0.717, 1.165) is 6.42 Å². The first-order valence-corrected chi connectivity index (χ1v) is 11.3. The minimum atomic E-state index is -0.284. The molecule has 0 saturated carbocycles. The zero-order valence-corrected chi connectivity index (χ0v) is 17.5. The Kier molecular flexibility index (Phi) is 2.94. The molecule has 0 radical (unpaired) electrons. The average molecular weight is 406 g/mol. The molecular formula is C31H19N. The van der Waals surface area contributed by atoms with Gasteiger partial charge in [0, 0.05) is 18.0 Å². The van der Waals surface area contributed by atoms with Crippen molar-refractivity contribution in [1.82, 2.24) is 4.98 Å². The van der Waals surface area contributed by atoms with Gasteiger partial charge in [-0.1, -0.05) is 72.8 Å². The summed E-state index contributed by atoms with van der Waals surface area (Å²) in [6.07, 6.45) is 5.02. The summed E-state index contributed by atoms with van der Waals surface area (Å²) in [6, 6.07) is 34.0. The van der Waals surface area contributed by atoms with Crippen LogP contribution in [0.25, 0.3) is 33.4 Å². The maximum Gasteiger partial charge on any atom is 0.0726 e. The minimum Gasteiger partial charge on any atom is -0.264 e. The Balaban J connectivity index is 1.56. The maximum absolute atomic E-state index is 4.51. The molecule has 3 aliphatic rings. The molecule has 1 unspecified atom stereocenters. The van der Waals surface area contributed by atoms with E-state index in [1.165, 1.54) is 66.8 Å². The number of fused-ring (bicyclic) bond motifs is 13. The predicted octanol–water partition coefficient (Wildman–Crippen LogP) is 7.00. The third kappa shape index (κ3) is 1.77. The fourth-order valence-electron chi connectivity index (χ4n) is 6.61. The zero-order chi connectivity index (χ0) is 20.9. The monoisotopic (exact) mass is 405 g/mol. The highest BCUT2D eigenvalue weighted by atomic mass is 14.6. The molecule has 148 valence electrons. The summed E-state index contributed by atoms with van der Waals surface area (Å²) in [4.78, 5) is 4.51. The van der Waals surface area contributed by atoms with Gasteiger partial charge in [0.15, 0.2) is 0 Å². The van der Waals surface area contributed by atoms with Crippen molar-refractivity contribution in [2.75, 3.05) is 0 Å². The largest absolute Gasteiger partial charge is 0.264 e. The quantitative estimate of drug-likeness (QED) is 0.265. The number of benzene rings is 4. The lowest BCUT2D eigenvalue weighted by Gasteiger charge is -2.30. The molecule has 4 aromatic carbocycles. The summed E-state index contributed by atoms with van der Waals surface area (Å²) < 4.78 is 0. The zero-order valence-electron chi connectivity index (χ0n) is 17.5. The van der Waals surface area contributed by atoms with Gasteiger partial charge < -0.3 is 0 Å². The standard InChI is InChI=1S/C31H19N/c1-2-8-21-19(7-1)15-20-16-25-22-9-3-5-11-27(22)31(30(25)17-24(20)21)28-12-6-4-10-23(28)26-18-32-14-13-29(26)31/h1-14,16-18H,15H2. The van der Waals surface area contributed by atoms with E-state index in [2.05, 4.69) is 96.0 Å². The number of pyridine rings is 1. The Bertz CT molecular complexity index is 1560. The van der Waals surface area contributed by atoms with Crippen LogP contribution < -0.4 is 0 Å². The highest BCUT2D eigenvalue weighted by molar-refractivity contribution is 5.96. The second-order valence-electron chi connectivity index (χ2n) is 9.15. The molecule has 5 aromatic rings. The molecule has 1 heterocycles. The van der Waals surface area contributed by atoms with E-state index < -0.39 is 0 Å². The summed E-state index contributed by atoms with van der Waals surface area (Å²) in [6.45, 7) is 0. The lowest BCUT2D eigenvalue weighted by atomic mass is 9.70. The van der Waals surface area contributed by atoms with Gasteiger partial charge in [-0.2, -0.15) is 0 Å². The van der Waals surface area contributed by atoms with Crippen molar-refractivity contribution in [1.29, 1.82) is 0 Å². The molecule has 1 atom stereocenters. The smallest absolute Gasteiger partial charge is 0.0726 e. The highest BCUT2D eigenvalue weighted by Crippen LogP contribution is 2.63. The summed E-state index contributed by atoms with van der Waals surface area (Å²) in [5.74, 6) is 0. The van der Waals surface area contributed by atoms with E-state index in [-0.39, 0.29) is 5.41 Å². The van der Waals surface area contributed by atoms with Gasteiger partial charge in [-0.25, -0.2) is 0 Å². The maximum atomic E-state index is 4.51.